The molecule has 2 heterocycles. The molecule has 0 amide bonds. The second kappa shape index (κ2) is 4.41. The number of anilines is 1. The molecule has 0 spiro atoms. The van der Waals surface area contributed by atoms with E-state index < -0.39 is 0 Å². The third-order valence-corrected chi connectivity index (χ3v) is 2.42. The molecule has 2 rings (SSSR count). The van der Waals surface area contributed by atoms with E-state index in [0.29, 0.717) is 12.4 Å². The van der Waals surface area contributed by atoms with Gasteiger partial charge < -0.3 is 14.7 Å². The lowest BCUT2D eigenvalue weighted by Crippen LogP contribution is -2.30. The van der Waals surface area contributed by atoms with Crippen molar-refractivity contribution in [1.29, 1.82) is 0 Å². The Bertz CT molecular complexity index is 280. The standard InChI is InChI=1S/C9H16N4O/c1-10-7-8-11-9(12-14-8)13-5-3-2-4-6-13/h10H,2-7H2,1H3. The van der Waals surface area contributed by atoms with Crippen LogP contribution in [-0.4, -0.2) is 30.3 Å². The minimum atomic E-state index is 0.640. The van der Waals surface area contributed by atoms with Crippen molar-refractivity contribution in [1.82, 2.24) is 15.5 Å². The van der Waals surface area contributed by atoms with Crippen molar-refractivity contribution in [2.45, 2.75) is 25.8 Å². The quantitative estimate of drug-likeness (QED) is 0.774. The Morgan fingerprint density at radius 3 is 2.86 bits per heavy atom. The molecule has 1 aromatic heterocycles. The molecule has 1 fully saturated rings. The van der Waals surface area contributed by atoms with Crippen molar-refractivity contribution < 1.29 is 4.52 Å². The first-order chi connectivity index (χ1) is 6.90. The summed E-state index contributed by atoms with van der Waals surface area (Å²) in [4.78, 5) is 6.50. The number of aromatic nitrogens is 2. The van der Waals surface area contributed by atoms with Crippen LogP contribution in [0.15, 0.2) is 4.52 Å². The maximum atomic E-state index is 5.09. The second-order valence-electron chi connectivity index (χ2n) is 3.57. The molecule has 5 heteroatoms. The Morgan fingerprint density at radius 1 is 1.36 bits per heavy atom. The van der Waals surface area contributed by atoms with Crippen LogP contribution in [0.5, 0.6) is 0 Å². The van der Waals surface area contributed by atoms with Gasteiger partial charge in [-0.25, -0.2) is 0 Å². The maximum absolute atomic E-state index is 5.09. The highest BCUT2D eigenvalue weighted by molar-refractivity contribution is 5.27. The van der Waals surface area contributed by atoms with Gasteiger partial charge in [0.1, 0.15) is 0 Å². The maximum Gasteiger partial charge on any atom is 0.266 e. The Labute approximate surface area is 83.5 Å². The molecule has 1 saturated heterocycles. The Morgan fingerprint density at radius 2 is 2.14 bits per heavy atom. The SMILES string of the molecule is CNCc1nc(N2CCCCC2)no1. The van der Waals surface area contributed by atoms with Crippen LogP contribution >= 0.6 is 0 Å². The van der Waals surface area contributed by atoms with Gasteiger partial charge in [0.2, 0.25) is 5.89 Å². The van der Waals surface area contributed by atoms with Gasteiger partial charge in [-0.3, -0.25) is 0 Å². The van der Waals surface area contributed by atoms with Crippen molar-refractivity contribution >= 4 is 5.95 Å². The fourth-order valence-electron chi connectivity index (χ4n) is 1.69. The van der Waals surface area contributed by atoms with Crippen LogP contribution < -0.4 is 10.2 Å². The van der Waals surface area contributed by atoms with Gasteiger partial charge in [-0.15, -0.1) is 0 Å². The summed E-state index contributed by atoms with van der Waals surface area (Å²) in [5.74, 6) is 1.41. The normalized spacial score (nSPS) is 17.4. The van der Waals surface area contributed by atoms with E-state index in [1.807, 2.05) is 7.05 Å². The minimum Gasteiger partial charge on any atom is -0.338 e. The summed E-state index contributed by atoms with van der Waals surface area (Å²) in [5, 5.41) is 6.94. The largest absolute Gasteiger partial charge is 0.338 e. The molecule has 0 atom stereocenters. The molecule has 0 bridgehead atoms. The average molecular weight is 196 g/mol. The molecule has 1 aliphatic rings. The van der Waals surface area contributed by atoms with Crippen molar-refractivity contribution in [3.63, 3.8) is 0 Å². The van der Waals surface area contributed by atoms with E-state index in [-0.39, 0.29) is 0 Å². The summed E-state index contributed by atoms with van der Waals surface area (Å²) in [6.45, 7) is 2.75. The van der Waals surface area contributed by atoms with Crippen LogP contribution in [-0.2, 0) is 6.54 Å². The molecule has 14 heavy (non-hydrogen) atoms. The van der Waals surface area contributed by atoms with E-state index in [1.54, 1.807) is 0 Å². The zero-order valence-corrected chi connectivity index (χ0v) is 8.49. The van der Waals surface area contributed by atoms with Gasteiger partial charge in [0.15, 0.2) is 0 Å². The molecule has 0 unspecified atom stereocenters. The number of piperidine rings is 1. The molecular weight excluding hydrogens is 180 g/mol. The van der Waals surface area contributed by atoms with E-state index in [2.05, 4.69) is 20.4 Å². The van der Waals surface area contributed by atoms with Gasteiger partial charge in [-0.05, 0) is 31.5 Å². The van der Waals surface area contributed by atoms with Gasteiger partial charge in [0.25, 0.3) is 5.95 Å². The first kappa shape index (κ1) is 9.45. The van der Waals surface area contributed by atoms with E-state index in [0.717, 1.165) is 19.0 Å². The smallest absolute Gasteiger partial charge is 0.266 e. The number of hydrogen-bond acceptors (Lipinski definition) is 5. The lowest BCUT2D eigenvalue weighted by atomic mass is 10.1. The lowest BCUT2D eigenvalue weighted by molar-refractivity contribution is 0.370. The van der Waals surface area contributed by atoms with Crippen LogP contribution in [0, 0.1) is 0 Å². The molecule has 5 nitrogen and oxygen atoms in total. The van der Waals surface area contributed by atoms with Gasteiger partial charge in [-0.1, -0.05) is 0 Å². The van der Waals surface area contributed by atoms with E-state index in [1.165, 1.54) is 19.3 Å². The van der Waals surface area contributed by atoms with Crippen LogP contribution in [0.25, 0.3) is 0 Å². The minimum absolute atomic E-state index is 0.640. The summed E-state index contributed by atoms with van der Waals surface area (Å²) >= 11 is 0. The fourth-order valence-corrected chi connectivity index (χ4v) is 1.69. The van der Waals surface area contributed by atoms with E-state index >= 15 is 0 Å². The number of rotatable bonds is 3. The van der Waals surface area contributed by atoms with Crippen molar-refractivity contribution in [3.8, 4) is 0 Å². The molecule has 78 valence electrons. The molecule has 0 radical (unpaired) electrons. The van der Waals surface area contributed by atoms with Crippen LogP contribution in [0.4, 0.5) is 5.95 Å². The van der Waals surface area contributed by atoms with Gasteiger partial charge >= 0.3 is 0 Å². The average Bonchev–Trinajstić information content (AvgIpc) is 2.68. The molecular formula is C9H16N4O. The highest BCUT2D eigenvalue weighted by Gasteiger charge is 2.16. The Hall–Kier alpha value is -1.10. The molecule has 1 N–H and O–H groups in total. The summed E-state index contributed by atoms with van der Waals surface area (Å²) in [6.07, 6.45) is 3.78. The highest BCUT2D eigenvalue weighted by Crippen LogP contribution is 2.15. The van der Waals surface area contributed by atoms with E-state index in [4.69, 9.17) is 4.52 Å². The summed E-state index contributed by atoms with van der Waals surface area (Å²) in [7, 11) is 1.87. The first-order valence-corrected chi connectivity index (χ1v) is 5.12. The van der Waals surface area contributed by atoms with Crippen molar-refractivity contribution in [2.24, 2.45) is 0 Å². The molecule has 1 aliphatic heterocycles. The third-order valence-electron chi connectivity index (χ3n) is 2.42. The van der Waals surface area contributed by atoms with Crippen LogP contribution in [0.3, 0.4) is 0 Å². The van der Waals surface area contributed by atoms with Crippen molar-refractivity contribution in [2.75, 3.05) is 25.0 Å². The molecule has 0 aliphatic carbocycles. The van der Waals surface area contributed by atoms with Crippen LogP contribution in [0.1, 0.15) is 25.2 Å². The second-order valence-corrected chi connectivity index (χ2v) is 3.57. The summed E-state index contributed by atoms with van der Waals surface area (Å²) in [6, 6.07) is 0. The lowest BCUT2D eigenvalue weighted by Gasteiger charge is -2.24. The van der Waals surface area contributed by atoms with Crippen molar-refractivity contribution in [3.05, 3.63) is 5.89 Å². The number of hydrogen-bond donors (Lipinski definition) is 1. The monoisotopic (exact) mass is 196 g/mol. The number of nitrogens with one attached hydrogen (secondary N) is 1. The first-order valence-electron chi connectivity index (χ1n) is 5.12. The van der Waals surface area contributed by atoms with E-state index in [9.17, 15) is 0 Å². The zero-order chi connectivity index (χ0) is 9.80. The molecule has 0 saturated carbocycles. The van der Waals surface area contributed by atoms with Gasteiger partial charge in [-0.2, -0.15) is 4.98 Å². The highest BCUT2D eigenvalue weighted by atomic mass is 16.5. The topological polar surface area (TPSA) is 54.2 Å². The third kappa shape index (κ3) is 2.04. The summed E-state index contributed by atoms with van der Waals surface area (Å²) < 4.78 is 5.09. The van der Waals surface area contributed by atoms with Gasteiger partial charge in [0, 0.05) is 13.1 Å². The van der Waals surface area contributed by atoms with Gasteiger partial charge in [0.05, 0.1) is 6.54 Å². The predicted molar refractivity (Wildman–Crippen MR) is 53.1 cm³/mol. The Kier molecular flexibility index (Phi) is 2.98. The zero-order valence-electron chi connectivity index (χ0n) is 8.49. The molecule has 0 aromatic carbocycles. The Balaban J connectivity index is 2.00. The number of nitrogens with zero attached hydrogens (tertiary/aromatic N) is 3. The fraction of sp³-hybridized carbons (Fsp3) is 0.778. The predicted octanol–water partition coefficient (Wildman–Crippen LogP) is 0.779. The summed E-state index contributed by atoms with van der Waals surface area (Å²) in [5.41, 5.74) is 0. The molecule has 1 aromatic rings. The van der Waals surface area contributed by atoms with Crippen LogP contribution in [0.2, 0.25) is 0 Å².